The molecule has 18 nitrogen and oxygen atoms in total. The third kappa shape index (κ3) is 11.0. The van der Waals surface area contributed by atoms with Crippen molar-refractivity contribution in [1.29, 1.82) is 0 Å². The number of carbonyl (C=O) groups is 3. The maximum Gasteiger partial charge on any atom is 0.329 e. The van der Waals surface area contributed by atoms with Gasteiger partial charge in [0.1, 0.15) is 30.4 Å². The number of amides is 3. The van der Waals surface area contributed by atoms with Crippen molar-refractivity contribution in [2.75, 3.05) is 97.6 Å². The summed E-state index contributed by atoms with van der Waals surface area (Å²) in [6.07, 6.45) is 12.2. The number of imidazole rings is 1. The summed E-state index contributed by atoms with van der Waals surface area (Å²) in [4.78, 5) is 67.2. The zero-order valence-electron chi connectivity index (χ0n) is 36.5. The number of hydrogen-bond acceptors (Lipinski definition) is 13. The molecule has 1 aliphatic carbocycles. The first-order valence-corrected chi connectivity index (χ1v) is 22.9. The molecule has 8 rings (SSSR count). The van der Waals surface area contributed by atoms with E-state index in [1.165, 1.54) is 10.1 Å². The van der Waals surface area contributed by atoms with Crippen molar-refractivity contribution in [3.63, 3.8) is 0 Å². The zero-order chi connectivity index (χ0) is 43.5. The fourth-order valence-corrected chi connectivity index (χ4v) is 9.77. The Balaban J connectivity index is 0.635. The summed E-state index contributed by atoms with van der Waals surface area (Å²) >= 11 is 0. The topological polar surface area (TPSA) is 196 Å². The minimum absolute atomic E-state index is 0.0264. The van der Waals surface area contributed by atoms with Gasteiger partial charge in [0.2, 0.25) is 17.7 Å². The van der Waals surface area contributed by atoms with Crippen molar-refractivity contribution >= 4 is 45.6 Å². The van der Waals surface area contributed by atoms with Crippen LogP contribution in [0.2, 0.25) is 0 Å². The lowest BCUT2D eigenvalue weighted by Crippen LogP contribution is -2.53. The second kappa shape index (κ2) is 21.8. The van der Waals surface area contributed by atoms with Gasteiger partial charge < -0.3 is 38.9 Å². The van der Waals surface area contributed by atoms with E-state index in [0.29, 0.717) is 82.6 Å². The molecule has 0 spiro atoms. The molecule has 342 valence electrons. The van der Waals surface area contributed by atoms with Gasteiger partial charge >= 0.3 is 5.69 Å². The number of para-hydroxylation sites is 1. The van der Waals surface area contributed by atoms with Crippen LogP contribution in [0.5, 0.6) is 0 Å². The van der Waals surface area contributed by atoms with E-state index in [0.717, 1.165) is 112 Å². The summed E-state index contributed by atoms with van der Waals surface area (Å²) in [5, 5.41) is 7.26. The maximum atomic E-state index is 13.2. The Labute approximate surface area is 367 Å². The lowest BCUT2D eigenvalue weighted by Gasteiger charge is -2.42. The number of piperidine rings is 1. The number of aromatic amines is 1. The van der Waals surface area contributed by atoms with Gasteiger partial charge in [0.15, 0.2) is 0 Å². The highest BCUT2D eigenvalue weighted by atomic mass is 16.6. The van der Waals surface area contributed by atoms with Gasteiger partial charge in [-0.25, -0.2) is 14.8 Å². The minimum Gasteiger partial charge on any atom is -0.381 e. The van der Waals surface area contributed by atoms with Crippen molar-refractivity contribution < 1.29 is 38.1 Å². The van der Waals surface area contributed by atoms with E-state index in [1.807, 2.05) is 23.1 Å². The van der Waals surface area contributed by atoms with E-state index in [2.05, 4.69) is 36.7 Å². The van der Waals surface area contributed by atoms with Crippen LogP contribution in [0.3, 0.4) is 0 Å². The molecule has 4 aromatic rings. The zero-order valence-corrected chi connectivity index (χ0v) is 36.5. The molecule has 1 atom stereocenters. The van der Waals surface area contributed by atoms with Crippen molar-refractivity contribution in [2.24, 2.45) is 7.05 Å². The van der Waals surface area contributed by atoms with Gasteiger partial charge in [-0.05, 0) is 80.9 Å². The van der Waals surface area contributed by atoms with Crippen molar-refractivity contribution in [3.05, 3.63) is 52.3 Å². The largest absolute Gasteiger partial charge is 0.381 e. The number of aryl methyl sites for hydroxylation is 2. The molecule has 1 unspecified atom stereocenters. The Morgan fingerprint density at radius 3 is 2.30 bits per heavy atom. The summed E-state index contributed by atoms with van der Waals surface area (Å²) in [5.74, 6) is 0.683. The fraction of sp³-hybridized carbons (Fsp3) is 0.644. The minimum atomic E-state index is -0.706. The predicted octanol–water partition coefficient (Wildman–Crippen LogP) is 3.05. The molecule has 18 heteroatoms. The third-order valence-electron chi connectivity index (χ3n) is 13.2. The molecule has 1 aromatic carbocycles. The van der Waals surface area contributed by atoms with Crippen LogP contribution in [0.4, 0.5) is 5.82 Å². The van der Waals surface area contributed by atoms with Crippen molar-refractivity contribution in [1.82, 2.24) is 39.2 Å². The van der Waals surface area contributed by atoms with Gasteiger partial charge in [-0.15, -0.1) is 0 Å². The number of rotatable bonds is 20. The van der Waals surface area contributed by atoms with E-state index < -0.39 is 11.9 Å². The molecule has 0 radical (unpaired) electrons. The van der Waals surface area contributed by atoms with E-state index in [-0.39, 0.29) is 30.5 Å². The van der Waals surface area contributed by atoms with Gasteiger partial charge in [-0.2, -0.15) is 0 Å². The number of anilines is 1. The molecule has 3 aliphatic heterocycles. The SMILES string of the molecule is Cn1c(=O)n(C2CCC(=O)NC2=O)c2cccc(CCCOCCOCCOCCOCC(=O)N3CCN(C4CCC(Nc5ncnc6[nH]cc(C7CCOCC7)c56)CC4)CC3)c21. The van der Waals surface area contributed by atoms with Crippen LogP contribution in [0.15, 0.2) is 35.5 Å². The average Bonchev–Trinajstić information content (AvgIpc) is 3.86. The summed E-state index contributed by atoms with van der Waals surface area (Å²) in [7, 11) is 1.71. The number of imide groups is 1. The lowest BCUT2D eigenvalue weighted by atomic mass is 9.89. The van der Waals surface area contributed by atoms with E-state index >= 15 is 0 Å². The number of H-pyrrole nitrogens is 1. The van der Waals surface area contributed by atoms with Crippen LogP contribution in [-0.2, 0) is 51.5 Å². The molecular weight excluding hydrogens is 811 g/mol. The standard InChI is InChI=1S/C45H63N9O9/c1-51-41-32(4-2-6-36(41)54(45(51)58)37-11-12-38(55)50-44(37)57)5-3-19-59-22-23-61-24-25-62-26-27-63-29-39(56)53-17-15-52(16-18-53)34-9-7-33(8-10-34)49-43-40-35(31-13-20-60-21-14-31)28-46-42(40)47-30-48-43/h2,4,6,28,30-31,33-34,37H,3,5,7-27,29H2,1H3,(H,50,55,57)(H2,46,47,48,49). The number of benzene rings is 1. The summed E-state index contributed by atoms with van der Waals surface area (Å²) in [6.45, 7) is 7.90. The van der Waals surface area contributed by atoms with Crippen LogP contribution in [-0.4, -0.2) is 156 Å². The van der Waals surface area contributed by atoms with Gasteiger partial charge in [0.25, 0.3) is 0 Å². The Bertz CT molecular complexity index is 2220. The van der Waals surface area contributed by atoms with Gasteiger partial charge in [0.05, 0.1) is 56.1 Å². The fourth-order valence-electron chi connectivity index (χ4n) is 9.77. The first-order valence-electron chi connectivity index (χ1n) is 22.9. The molecule has 63 heavy (non-hydrogen) atoms. The molecular formula is C45H63N9O9. The van der Waals surface area contributed by atoms with E-state index in [4.69, 9.17) is 23.7 Å². The number of fused-ring (bicyclic) bond motifs is 2. The maximum absolute atomic E-state index is 13.2. The molecule has 3 amide bonds. The number of aromatic nitrogens is 5. The van der Waals surface area contributed by atoms with Crippen LogP contribution in [0.1, 0.15) is 80.9 Å². The average molecular weight is 874 g/mol. The van der Waals surface area contributed by atoms with E-state index in [9.17, 15) is 19.2 Å². The normalized spacial score (nSPS) is 21.7. The van der Waals surface area contributed by atoms with Crippen LogP contribution >= 0.6 is 0 Å². The Hall–Kier alpha value is -4.72. The Morgan fingerprint density at radius 2 is 1.57 bits per heavy atom. The molecule has 4 fully saturated rings. The van der Waals surface area contributed by atoms with Gasteiger partial charge in [0, 0.05) is 77.7 Å². The quantitative estimate of drug-likeness (QED) is 0.0867. The Kier molecular flexibility index (Phi) is 15.5. The second-order valence-corrected chi connectivity index (χ2v) is 17.1. The first-order chi connectivity index (χ1) is 30.9. The number of nitrogens with one attached hydrogen (secondary N) is 3. The summed E-state index contributed by atoms with van der Waals surface area (Å²) in [5.41, 5.74) is 4.40. The Morgan fingerprint density at radius 1 is 0.857 bits per heavy atom. The highest BCUT2D eigenvalue weighted by Gasteiger charge is 2.33. The number of piperazine rings is 1. The summed E-state index contributed by atoms with van der Waals surface area (Å²) in [6, 6.07) is 5.93. The molecule has 6 heterocycles. The molecule has 3 aromatic heterocycles. The summed E-state index contributed by atoms with van der Waals surface area (Å²) < 4.78 is 31.4. The number of hydrogen-bond donors (Lipinski definition) is 3. The highest BCUT2D eigenvalue weighted by Crippen LogP contribution is 2.36. The second-order valence-electron chi connectivity index (χ2n) is 17.1. The number of nitrogens with zero attached hydrogens (tertiary/aromatic N) is 6. The molecule has 3 N–H and O–H groups in total. The molecule has 3 saturated heterocycles. The molecule has 4 aliphatic rings. The predicted molar refractivity (Wildman–Crippen MR) is 235 cm³/mol. The van der Waals surface area contributed by atoms with E-state index in [1.54, 1.807) is 17.9 Å². The monoisotopic (exact) mass is 873 g/mol. The highest BCUT2D eigenvalue weighted by molar-refractivity contribution is 6.00. The molecule has 0 bridgehead atoms. The van der Waals surface area contributed by atoms with Crippen molar-refractivity contribution in [3.8, 4) is 0 Å². The number of ether oxygens (including phenoxy) is 5. The van der Waals surface area contributed by atoms with Crippen LogP contribution in [0.25, 0.3) is 22.1 Å². The smallest absolute Gasteiger partial charge is 0.329 e. The van der Waals surface area contributed by atoms with Crippen LogP contribution in [0, 0.1) is 0 Å². The van der Waals surface area contributed by atoms with Crippen molar-refractivity contribution in [2.45, 2.75) is 88.3 Å². The lowest BCUT2D eigenvalue weighted by molar-refractivity contribution is -0.139. The van der Waals surface area contributed by atoms with Crippen LogP contribution < -0.4 is 16.3 Å². The third-order valence-corrected chi connectivity index (χ3v) is 13.2. The number of carbonyl (C=O) groups excluding carboxylic acids is 3. The first kappa shape index (κ1) is 44.9. The van der Waals surface area contributed by atoms with Gasteiger partial charge in [-0.1, -0.05) is 12.1 Å². The molecule has 1 saturated carbocycles. The van der Waals surface area contributed by atoms with Gasteiger partial charge in [-0.3, -0.25) is 33.7 Å².